The molecule has 4 heteroatoms. The molecule has 1 aromatic rings. The van der Waals surface area contributed by atoms with Crippen LogP contribution in [0.2, 0.25) is 0 Å². The van der Waals surface area contributed by atoms with Crippen molar-refractivity contribution >= 4 is 0 Å². The summed E-state index contributed by atoms with van der Waals surface area (Å²) in [7, 11) is 0. The van der Waals surface area contributed by atoms with Crippen LogP contribution in [0.4, 0.5) is 0 Å². The Hall–Kier alpha value is -0.900. The Morgan fingerprint density at radius 1 is 1.28 bits per heavy atom. The predicted octanol–water partition coefficient (Wildman–Crippen LogP) is 3.48. The van der Waals surface area contributed by atoms with Gasteiger partial charge in [0.25, 0.3) is 0 Å². The average Bonchev–Trinajstić information content (AvgIpc) is 2.67. The highest BCUT2D eigenvalue weighted by molar-refractivity contribution is 5.03. The molecule has 0 bridgehead atoms. The molecule has 1 aromatic heterocycles. The van der Waals surface area contributed by atoms with Gasteiger partial charge in [0.2, 0.25) is 5.89 Å². The quantitative estimate of drug-likeness (QED) is 0.832. The van der Waals surface area contributed by atoms with Gasteiger partial charge in [0.1, 0.15) is 0 Å². The van der Waals surface area contributed by atoms with Crippen LogP contribution in [0.15, 0.2) is 4.52 Å². The van der Waals surface area contributed by atoms with Gasteiger partial charge in [0, 0.05) is 5.92 Å². The van der Waals surface area contributed by atoms with Gasteiger partial charge in [-0.05, 0) is 26.2 Å². The molecule has 0 saturated heterocycles. The van der Waals surface area contributed by atoms with Crippen molar-refractivity contribution in [1.82, 2.24) is 10.1 Å². The number of rotatable bonds is 4. The number of nitrogens with zero attached hydrogens (tertiary/aromatic N) is 2. The lowest BCUT2D eigenvalue weighted by molar-refractivity contribution is 0.281. The summed E-state index contributed by atoms with van der Waals surface area (Å²) in [4.78, 5) is 4.56. The van der Waals surface area contributed by atoms with Crippen molar-refractivity contribution < 1.29 is 4.52 Å². The first-order valence-electron chi connectivity index (χ1n) is 7.26. The Morgan fingerprint density at radius 3 is 2.56 bits per heavy atom. The predicted molar refractivity (Wildman–Crippen MR) is 71.2 cm³/mol. The van der Waals surface area contributed by atoms with E-state index in [1.165, 1.54) is 38.5 Å². The summed E-state index contributed by atoms with van der Waals surface area (Å²) in [5.74, 6) is 1.95. The van der Waals surface area contributed by atoms with Crippen LogP contribution >= 0.6 is 0 Å². The third-order valence-electron chi connectivity index (χ3n) is 3.92. The first kappa shape index (κ1) is 13.5. The van der Waals surface area contributed by atoms with Gasteiger partial charge < -0.3 is 10.3 Å². The summed E-state index contributed by atoms with van der Waals surface area (Å²) in [6.07, 6.45) is 9.51. The monoisotopic (exact) mass is 251 g/mol. The van der Waals surface area contributed by atoms with E-state index in [2.05, 4.69) is 17.1 Å². The second-order valence-corrected chi connectivity index (χ2v) is 5.81. The minimum atomic E-state index is -0.481. The van der Waals surface area contributed by atoms with Crippen molar-refractivity contribution in [2.75, 3.05) is 0 Å². The molecule has 1 saturated carbocycles. The molecule has 2 rings (SSSR count). The number of hydrogen-bond acceptors (Lipinski definition) is 4. The van der Waals surface area contributed by atoms with E-state index in [9.17, 15) is 0 Å². The molecular formula is C14H25N3O. The standard InChI is InChI=1S/C14H25N3O/c1-3-10-14(2,15)13-16-12(17-18-13)11-8-6-4-5-7-9-11/h11H,3-10,15H2,1-2H3. The molecule has 0 aromatic carbocycles. The summed E-state index contributed by atoms with van der Waals surface area (Å²) in [6.45, 7) is 4.09. The van der Waals surface area contributed by atoms with Gasteiger partial charge in [-0.25, -0.2) is 0 Å². The van der Waals surface area contributed by atoms with Gasteiger partial charge in [-0.2, -0.15) is 4.98 Å². The maximum Gasteiger partial charge on any atom is 0.246 e. The summed E-state index contributed by atoms with van der Waals surface area (Å²) in [6, 6.07) is 0. The molecule has 1 atom stereocenters. The van der Waals surface area contributed by atoms with Gasteiger partial charge >= 0.3 is 0 Å². The minimum absolute atomic E-state index is 0.474. The lowest BCUT2D eigenvalue weighted by Crippen LogP contribution is -2.33. The van der Waals surface area contributed by atoms with Crippen molar-refractivity contribution in [3.63, 3.8) is 0 Å². The summed E-state index contributed by atoms with van der Waals surface area (Å²) < 4.78 is 5.39. The van der Waals surface area contributed by atoms with E-state index >= 15 is 0 Å². The van der Waals surface area contributed by atoms with E-state index in [1.807, 2.05) is 6.92 Å². The summed E-state index contributed by atoms with van der Waals surface area (Å²) in [5, 5.41) is 4.16. The van der Waals surface area contributed by atoms with Crippen LogP contribution in [-0.4, -0.2) is 10.1 Å². The normalized spacial score (nSPS) is 21.5. The first-order chi connectivity index (χ1) is 8.63. The fourth-order valence-corrected chi connectivity index (χ4v) is 2.80. The van der Waals surface area contributed by atoms with Gasteiger partial charge in [0.15, 0.2) is 5.82 Å². The summed E-state index contributed by atoms with van der Waals surface area (Å²) >= 11 is 0. The number of hydrogen-bond donors (Lipinski definition) is 1. The topological polar surface area (TPSA) is 64.9 Å². The van der Waals surface area contributed by atoms with Crippen molar-refractivity contribution in [3.05, 3.63) is 11.7 Å². The maximum atomic E-state index is 6.23. The van der Waals surface area contributed by atoms with Crippen LogP contribution in [0.5, 0.6) is 0 Å². The molecule has 1 aliphatic rings. The summed E-state index contributed by atoms with van der Waals surface area (Å²) in [5.41, 5.74) is 5.74. The highest BCUT2D eigenvalue weighted by Crippen LogP contribution is 2.31. The van der Waals surface area contributed by atoms with Crippen LogP contribution in [0, 0.1) is 0 Å². The molecule has 0 amide bonds. The Balaban J connectivity index is 2.09. The molecule has 18 heavy (non-hydrogen) atoms. The zero-order valence-electron chi connectivity index (χ0n) is 11.6. The van der Waals surface area contributed by atoms with Crippen LogP contribution in [-0.2, 0) is 5.54 Å². The van der Waals surface area contributed by atoms with Crippen molar-refractivity contribution in [1.29, 1.82) is 0 Å². The van der Waals surface area contributed by atoms with Crippen molar-refractivity contribution in [2.45, 2.75) is 76.7 Å². The van der Waals surface area contributed by atoms with Crippen LogP contribution in [0.1, 0.15) is 82.8 Å². The fraction of sp³-hybridized carbons (Fsp3) is 0.857. The molecule has 0 radical (unpaired) electrons. The number of aromatic nitrogens is 2. The van der Waals surface area contributed by atoms with Gasteiger partial charge in [-0.3, -0.25) is 0 Å². The average molecular weight is 251 g/mol. The van der Waals surface area contributed by atoms with Crippen molar-refractivity contribution in [2.24, 2.45) is 5.73 Å². The minimum Gasteiger partial charge on any atom is -0.337 e. The lowest BCUT2D eigenvalue weighted by Gasteiger charge is -2.18. The van der Waals surface area contributed by atoms with Crippen LogP contribution in [0.3, 0.4) is 0 Å². The van der Waals surface area contributed by atoms with Gasteiger partial charge in [-0.1, -0.05) is 44.2 Å². The lowest BCUT2D eigenvalue weighted by atomic mass is 9.97. The maximum absolute atomic E-state index is 6.23. The second-order valence-electron chi connectivity index (χ2n) is 5.81. The molecule has 0 spiro atoms. The van der Waals surface area contributed by atoms with E-state index in [0.29, 0.717) is 11.8 Å². The molecule has 1 aliphatic carbocycles. The molecule has 2 N–H and O–H groups in total. The highest BCUT2D eigenvalue weighted by Gasteiger charge is 2.29. The van der Waals surface area contributed by atoms with E-state index in [-0.39, 0.29) is 0 Å². The van der Waals surface area contributed by atoms with Gasteiger partial charge in [-0.15, -0.1) is 0 Å². The zero-order chi connectivity index (χ0) is 13.0. The zero-order valence-corrected chi connectivity index (χ0v) is 11.6. The fourth-order valence-electron chi connectivity index (χ4n) is 2.80. The van der Waals surface area contributed by atoms with Crippen molar-refractivity contribution in [3.8, 4) is 0 Å². The molecule has 1 unspecified atom stereocenters. The van der Waals surface area contributed by atoms with E-state index in [0.717, 1.165) is 18.7 Å². The van der Waals surface area contributed by atoms with Crippen LogP contribution in [0.25, 0.3) is 0 Å². The first-order valence-corrected chi connectivity index (χ1v) is 7.26. The third kappa shape index (κ3) is 3.10. The van der Waals surface area contributed by atoms with Gasteiger partial charge in [0.05, 0.1) is 5.54 Å². The smallest absolute Gasteiger partial charge is 0.246 e. The number of nitrogens with two attached hydrogens (primary N) is 1. The largest absolute Gasteiger partial charge is 0.337 e. The van der Waals surface area contributed by atoms with E-state index in [4.69, 9.17) is 10.3 Å². The Labute approximate surface area is 109 Å². The third-order valence-corrected chi connectivity index (χ3v) is 3.92. The second kappa shape index (κ2) is 5.83. The molecule has 4 nitrogen and oxygen atoms in total. The molecule has 102 valence electrons. The Kier molecular flexibility index (Phi) is 4.38. The highest BCUT2D eigenvalue weighted by atomic mass is 16.5. The molecule has 1 heterocycles. The SMILES string of the molecule is CCCC(C)(N)c1nc(C2CCCCCC2)no1. The van der Waals surface area contributed by atoms with E-state index < -0.39 is 5.54 Å². The van der Waals surface area contributed by atoms with E-state index in [1.54, 1.807) is 0 Å². The molecule has 0 aliphatic heterocycles. The Bertz CT molecular complexity index is 365. The Morgan fingerprint density at radius 2 is 1.94 bits per heavy atom. The molecule has 1 fully saturated rings. The molecular weight excluding hydrogens is 226 g/mol. The van der Waals surface area contributed by atoms with Crippen LogP contribution < -0.4 is 5.73 Å².